The van der Waals surface area contributed by atoms with Crippen molar-refractivity contribution < 1.29 is 28.6 Å². The van der Waals surface area contributed by atoms with Crippen molar-refractivity contribution in [1.82, 2.24) is 5.32 Å². The van der Waals surface area contributed by atoms with Crippen LogP contribution in [0.4, 0.5) is 0 Å². The molecule has 3 rings (SSSR count). The van der Waals surface area contributed by atoms with Crippen LogP contribution < -0.4 is 10.1 Å². The maximum Gasteiger partial charge on any atom is 0.336 e. The van der Waals surface area contributed by atoms with Crippen molar-refractivity contribution in [1.29, 1.82) is 0 Å². The third-order valence-electron chi connectivity index (χ3n) is 6.09. The standard InChI is InChI=1S/C26H33NO6/c1-6-12-32-18-10-8-17(9-11-18)22-21(26(30)33-13-7-2)16(4)27-19-14-15(3)20(25(29)31-5)24(28)23(19)22/h8-11,15,20,22,27H,6-7,12-14H2,1-5H3/t15-,20-,22-/m1/s1. The molecule has 7 nitrogen and oxygen atoms in total. The van der Waals surface area contributed by atoms with E-state index in [0.29, 0.717) is 36.3 Å². The van der Waals surface area contributed by atoms with Gasteiger partial charge in [-0.3, -0.25) is 9.59 Å². The van der Waals surface area contributed by atoms with Gasteiger partial charge in [-0.15, -0.1) is 0 Å². The normalized spacial score (nSPS) is 22.5. The smallest absolute Gasteiger partial charge is 0.336 e. The summed E-state index contributed by atoms with van der Waals surface area (Å²) in [5.74, 6) is -2.38. The SMILES string of the molecule is CCCOC(=O)C1=C(C)NC2=C(C(=O)[C@H](C(=O)OC)[C@H](C)C2)[C@@H]1c1ccc(OCCC)cc1. The van der Waals surface area contributed by atoms with Crippen LogP contribution in [-0.2, 0) is 23.9 Å². The van der Waals surface area contributed by atoms with Gasteiger partial charge >= 0.3 is 11.9 Å². The molecule has 178 valence electrons. The van der Waals surface area contributed by atoms with Crippen LogP contribution in [0, 0.1) is 11.8 Å². The number of methoxy groups -OCH3 is 1. The first-order chi connectivity index (χ1) is 15.8. The molecule has 2 aliphatic rings. The van der Waals surface area contributed by atoms with E-state index in [2.05, 4.69) is 5.32 Å². The van der Waals surface area contributed by atoms with Gasteiger partial charge in [-0.05, 0) is 49.8 Å². The molecule has 1 aliphatic carbocycles. The van der Waals surface area contributed by atoms with Crippen molar-refractivity contribution >= 4 is 17.7 Å². The lowest BCUT2D eigenvalue weighted by molar-refractivity contribution is -0.151. The second kappa shape index (κ2) is 10.7. The van der Waals surface area contributed by atoms with Gasteiger partial charge in [0, 0.05) is 22.9 Å². The van der Waals surface area contributed by atoms with Crippen LogP contribution in [-0.4, -0.2) is 38.0 Å². The maximum atomic E-state index is 13.7. The number of hydrogen-bond acceptors (Lipinski definition) is 7. The van der Waals surface area contributed by atoms with E-state index < -0.39 is 23.8 Å². The van der Waals surface area contributed by atoms with Crippen molar-refractivity contribution in [2.45, 2.75) is 52.9 Å². The van der Waals surface area contributed by atoms with E-state index in [4.69, 9.17) is 14.2 Å². The molecule has 0 fully saturated rings. The zero-order valence-corrected chi connectivity index (χ0v) is 20.0. The second-order valence-corrected chi connectivity index (χ2v) is 8.59. The number of carbonyl (C=O) groups is 3. The van der Waals surface area contributed by atoms with Crippen LogP contribution in [0.2, 0.25) is 0 Å². The summed E-state index contributed by atoms with van der Waals surface area (Å²) < 4.78 is 16.1. The minimum absolute atomic E-state index is 0.219. The van der Waals surface area contributed by atoms with E-state index in [0.717, 1.165) is 23.4 Å². The lowest BCUT2D eigenvalue weighted by Crippen LogP contribution is -2.43. The van der Waals surface area contributed by atoms with Crippen molar-refractivity contribution in [3.63, 3.8) is 0 Å². The van der Waals surface area contributed by atoms with Gasteiger partial charge in [0.05, 0.1) is 25.9 Å². The Balaban J connectivity index is 2.10. The Morgan fingerprint density at radius 2 is 1.76 bits per heavy atom. The largest absolute Gasteiger partial charge is 0.494 e. The van der Waals surface area contributed by atoms with Crippen molar-refractivity contribution in [2.24, 2.45) is 11.8 Å². The maximum absolute atomic E-state index is 13.7. The molecule has 1 N–H and O–H groups in total. The number of dihydropyridines is 1. The summed E-state index contributed by atoms with van der Waals surface area (Å²) in [4.78, 5) is 39.2. The highest BCUT2D eigenvalue weighted by atomic mass is 16.5. The Labute approximate surface area is 195 Å². The molecule has 33 heavy (non-hydrogen) atoms. The average Bonchev–Trinajstić information content (AvgIpc) is 2.80. The number of nitrogens with one attached hydrogen (secondary N) is 1. The fourth-order valence-corrected chi connectivity index (χ4v) is 4.53. The van der Waals surface area contributed by atoms with Crippen molar-refractivity contribution in [2.75, 3.05) is 20.3 Å². The van der Waals surface area contributed by atoms with Crippen molar-refractivity contribution in [3.05, 3.63) is 52.4 Å². The summed E-state index contributed by atoms with van der Waals surface area (Å²) in [6.07, 6.45) is 2.08. The lowest BCUT2D eigenvalue weighted by atomic mass is 9.69. The van der Waals surface area contributed by atoms with E-state index in [-0.39, 0.29) is 18.3 Å². The molecular formula is C26H33NO6. The summed E-state index contributed by atoms with van der Waals surface area (Å²) in [7, 11) is 1.29. The topological polar surface area (TPSA) is 90.9 Å². The van der Waals surface area contributed by atoms with Gasteiger partial charge in [-0.1, -0.05) is 32.9 Å². The molecular weight excluding hydrogens is 422 g/mol. The highest BCUT2D eigenvalue weighted by molar-refractivity contribution is 6.12. The van der Waals surface area contributed by atoms with Crippen LogP contribution in [0.1, 0.15) is 58.4 Å². The van der Waals surface area contributed by atoms with Gasteiger partial charge in [0.2, 0.25) is 0 Å². The monoisotopic (exact) mass is 455 g/mol. The fourth-order valence-electron chi connectivity index (χ4n) is 4.53. The highest BCUT2D eigenvalue weighted by Crippen LogP contribution is 2.45. The van der Waals surface area contributed by atoms with E-state index in [1.54, 1.807) is 0 Å². The molecule has 0 saturated carbocycles. The summed E-state index contributed by atoms with van der Waals surface area (Å²) in [6.45, 7) is 8.53. The van der Waals surface area contributed by atoms with Crippen LogP contribution in [0.3, 0.4) is 0 Å². The molecule has 0 radical (unpaired) electrons. The first kappa shape index (κ1) is 24.6. The minimum Gasteiger partial charge on any atom is -0.494 e. The summed E-state index contributed by atoms with van der Waals surface area (Å²) in [6, 6.07) is 7.41. The molecule has 0 aromatic heterocycles. The Kier molecular flexibility index (Phi) is 7.95. The number of esters is 2. The van der Waals surface area contributed by atoms with Gasteiger partial charge in [0.15, 0.2) is 5.78 Å². The van der Waals surface area contributed by atoms with E-state index >= 15 is 0 Å². The molecule has 3 atom stereocenters. The number of ketones is 1. The van der Waals surface area contributed by atoms with Crippen molar-refractivity contribution in [3.8, 4) is 5.75 Å². The third kappa shape index (κ3) is 4.97. The van der Waals surface area contributed by atoms with Gasteiger partial charge in [0.25, 0.3) is 0 Å². The first-order valence-corrected chi connectivity index (χ1v) is 11.6. The molecule has 1 aliphatic heterocycles. The summed E-state index contributed by atoms with van der Waals surface area (Å²) >= 11 is 0. The van der Waals surface area contributed by atoms with E-state index in [1.165, 1.54) is 7.11 Å². The number of Topliss-reactive ketones (excluding diaryl/α,β-unsaturated/α-hetero) is 1. The van der Waals surface area contributed by atoms with Crippen LogP contribution in [0.5, 0.6) is 5.75 Å². The summed E-state index contributed by atoms with van der Waals surface area (Å²) in [5.41, 5.74) is 2.98. The van der Waals surface area contributed by atoms with E-state index in [1.807, 2.05) is 52.0 Å². The fraction of sp³-hybridized carbons (Fsp3) is 0.500. The Hall–Kier alpha value is -3.09. The van der Waals surface area contributed by atoms with Gasteiger partial charge in [0.1, 0.15) is 11.7 Å². The molecule has 1 heterocycles. The summed E-state index contributed by atoms with van der Waals surface area (Å²) in [5, 5.41) is 3.26. The molecule has 1 aromatic rings. The van der Waals surface area contributed by atoms with E-state index in [9.17, 15) is 14.4 Å². The number of hydrogen-bond donors (Lipinski definition) is 1. The molecule has 0 saturated heterocycles. The van der Waals surface area contributed by atoms with Crippen LogP contribution in [0.25, 0.3) is 0 Å². The Bertz CT molecular complexity index is 975. The molecule has 0 bridgehead atoms. The molecule has 0 unspecified atom stereocenters. The first-order valence-electron chi connectivity index (χ1n) is 11.6. The van der Waals surface area contributed by atoms with Crippen LogP contribution in [0.15, 0.2) is 46.8 Å². The molecule has 0 amide bonds. The Morgan fingerprint density at radius 3 is 2.36 bits per heavy atom. The average molecular weight is 456 g/mol. The predicted molar refractivity (Wildman–Crippen MR) is 123 cm³/mol. The van der Waals surface area contributed by atoms with Gasteiger partial charge < -0.3 is 19.5 Å². The number of benzene rings is 1. The lowest BCUT2D eigenvalue weighted by Gasteiger charge is -2.38. The Morgan fingerprint density at radius 1 is 1.09 bits per heavy atom. The quantitative estimate of drug-likeness (QED) is 0.467. The zero-order chi connectivity index (χ0) is 24.1. The number of ether oxygens (including phenoxy) is 3. The number of rotatable bonds is 8. The van der Waals surface area contributed by atoms with Gasteiger partial charge in [-0.2, -0.15) is 0 Å². The number of allylic oxidation sites excluding steroid dienone is 3. The highest BCUT2D eigenvalue weighted by Gasteiger charge is 2.47. The predicted octanol–water partition coefficient (Wildman–Crippen LogP) is 4.04. The molecule has 0 spiro atoms. The van der Waals surface area contributed by atoms with Gasteiger partial charge in [-0.25, -0.2) is 4.79 Å². The third-order valence-corrected chi connectivity index (χ3v) is 6.09. The zero-order valence-electron chi connectivity index (χ0n) is 20.0. The minimum atomic E-state index is -0.906. The molecule has 1 aromatic carbocycles. The molecule has 7 heteroatoms. The number of carbonyl (C=O) groups excluding carboxylic acids is 3. The second-order valence-electron chi connectivity index (χ2n) is 8.59. The van der Waals surface area contributed by atoms with Crippen LogP contribution >= 0.6 is 0 Å².